The second-order valence-corrected chi connectivity index (χ2v) is 3.14. The van der Waals surface area contributed by atoms with Crippen molar-refractivity contribution in [2.75, 3.05) is 26.2 Å². The first-order chi connectivity index (χ1) is 6.86. The fraction of sp³-hybridized carbons (Fsp3) is 0.714. The monoisotopic (exact) mass is 196 g/mol. The van der Waals surface area contributed by atoms with Gasteiger partial charge < -0.3 is 10.2 Å². The SMILES string of the molecule is O=C(Cn1cnnn1)N1CCNCC1. The van der Waals surface area contributed by atoms with Crippen molar-refractivity contribution in [3.8, 4) is 0 Å². The van der Waals surface area contributed by atoms with Gasteiger partial charge in [-0.3, -0.25) is 4.79 Å². The summed E-state index contributed by atoms with van der Waals surface area (Å²) in [6.45, 7) is 3.48. The van der Waals surface area contributed by atoms with Crippen molar-refractivity contribution < 1.29 is 4.79 Å². The van der Waals surface area contributed by atoms with E-state index in [1.165, 1.54) is 11.0 Å². The summed E-state index contributed by atoms with van der Waals surface area (Å²) >= 11 is 0. The number of nitrogens with one attached hydrogen (secondary N) is 1. The Bertz CT molecular complexity index is 291. The lowest BCUT2D eigenvalue weighted by molar-refractivity contribution is -0.132. The van der Waals surface area contributed by atoms with Gasteiger partial charge in [0.1, 0.15) is 12.9 Å². The van der Waals surface area contributed by atoms with E-state index < -0.39 is 0 Å². The zero-order valence-corrected chi connectivity index (χ0v) is 7.76. The van der Waals surface area contributed by atoms with Gasteiger partial charge in [-0.1, -0.05) is 0 Å². The Morgan fingerprint density at radius 1 is 1.43 bits per heavy atom. The van der Waals surface area contributed by atoms with Crippen LogP contribution in [0.25, 0.3) is 0 Å². The molecule has 14 heavy (non-hydrogen) atoms. The van der Waals surface area contributed by atoms with Gasteiger partial charge in [-0.15, -0.1) is 5.10 Å². The lowest BCUT2D eigenvalue weighted by Crippen LogP contribution is -2.47. The summed E-state index contributed by atoms with van der Waals surface area (Å²) in [6, 6.07) is 0. The Kier molecular flexibility index (Phi) is 2.68. The molecule has 1 N–H and O–H groups in total. The van der Waals surface area contributed by atoms with Crippen LogP contribution in [0.1, 0.15) is 0 Å². The largest absolute Gasteiger partial charge is 0.339 e. The first kappa shape index (κ1) is 9.07. The van der Waals surface area contributed by atoms with Crippen LogP contribution in [0.5, 0.6) is 0 Å². The van der Waals surface area contributed by atoms with Crippen LogP contribution >= 0.6 is 0 Å². The first-order valence-corrected chi connectivity index (χ1v) is 4.55. The number of rotatable bonds is 2. The Balaban J connectivity index is 1.88. The number of nitrogens with zero attached hydrogens (tertiary/aromatic N) is 5. The van der Waals surface area contributed by atoms with Gasteiger partial charge in [0.15, 0.2) is 0 Å². The number of aromatic nitrogens is 4. The second-order valence-electron chi connectivity index (χ2n) is 3.14. The van der Waals surface area contributed by atoms with Crippen LogP contribution in [0.15, 0.2) is 6.33 Å². The molecule has 0 radical (unpaired) electrons. The predicted molar refractivity (Wildman–Crippen MR) is 47.3 cm³/mol. The van der Waals surface area contributed by atoms with Gasteiger partial charge in [0.2, 0.25) is 5.91 Å². The van der Waals surface area contributed by atoms with Gasteiger partial charge in [-0.2, -0.15) is 0 Å². The van der Waals surface area contributed by atoms with E-state index in [0.717, 1.165) is 26.2 Å². The molecule has 1 fully saturated rings. The van der Waals surface area contributed by atoms with Gasteiger partial charge in [0.05, 0.1) is 0 Å². The fourth-order valence-electron chi connectivity index (χ4n) is 1.41. The maximum absolute atomic E-state index is 11.6. The molecule has 0 bridgehead atoms. The van der Waals surface area contributed by atoms with Crippen LogP contribution in [0.3, 0.4) is 0 Å². The van der Waals surface area contributed by atoms with Crippen LogP contribution in [-0.2, 0) is 11.3 Å². The van der Waals surface area contributed by atoms with E-state index in [0.29, 0.717) is 0 Å². The standard InChI is InChI=1S/C7H12N6O/c14-7(5-13-6-9-10-11-13)12-3-1-8-2-4-12/h6,8H,1-5H2. The maximum atomic E-state index is 11.6. The van der Waals surface area contributed by atoms with Crippen LogP contribution in [0.2, 0.25) is 0 Å². The molecule has 0 aliphatic carbocycles. The third kappa shape index (κ3) is 2.05. The molecular weight excluding hydrogens is 184 g/mol. The summed E-state index contributed by atoms with van der Waals surface area (Å²) in [7, 11) is 0. The molecular formula is C7H12N6O. The summed E-state index contributed by atoms with van der Waals surface area (Å²) in [5, 5.41) is 13.8. The van der Waals surface area contributed by atoms with Gasteiger partial charge >= 0.3 is 0 Å². The van der Waals surface area contributed by atoms with Crippen LogP contribution < -0.4 is 5.32 Å². The lowest BCUT2D eigenvalue weighted by Gasteiger charge is -2.27. The molecule has 1 aliphatic rings. The minimum absolute atomic E-state index is 0.0683. The van der Waals surface area contributed by atoms with E-state index in [1.807, 2.05) is 4.90 Å². The normalized spacial score (nSPS) is 17.0. The molecule has 1 aliphatic heterocycles. The zero-order chi connectivity index (χ0) is 9.80. The number of hydrogen-bond donors (Lipinski definition) is 1. The highest BCUT2D eigenvalue weighted by atomic mass is 16.2. The first-order valence-electron chi connectivity index (χ1n) is 4.55. The molecule has 0 aromatic carbocycles. The van der Waals surface area contributed by atoms with E-state index in [4.69, 9.17) is 0 Å². The molecule has 1 aromatic rings. The van der Waals surface area contributed by atoms with Crippen molar-refractivity contribution in [1.82, 2.24) is 30.4 Å². The minimum Gasteiger partial charge on any atom is -0.339 e. The number of tetrazole rings is 1. The zero-order valence-electron chi connectivity index (χ0n) is 7.76. The maximum Gasteiger partial charge on any atom is 0.244 e. The summed E-state index contributed by atoms with van der Waals surface area (Å²) in [5.41, 5.74) is 0. The molecule has 0 unspecified atom stereocenters. The van der Waals surface area contributed by atoms with Crippen molar-refractivity contribution in [3.63, 3.8) is 0 Å². The number of carbonyl (C=O) groups excluding carboxylic acids is 1. The fourth-order valence-corrected chi connectivity index (χ4v) is 1.41. The average molecular weight is 196 g/mol. The molecule has 1 aromatic heterocycles. The van der Waals surface area contributed by atoms with Gasteiger partial charge in [0.25, 0.3) is 0 Å². The van der Waals surface area contributed by atoms with E-state index >= 15 is 0 Å². The quantitative estimate of drug-likeness (QED) is 0.598. The molecule has 0 atom stereocenters. The van der Waals surface area contributed by atoms with Gasteiger partial charge in [-0.05, 0) is 10.4 Å². The van der Waals surface area contributed by atoms with Gasteiger partial charge in [-0.25, -0.2) is 4.68 Å². The minimum atomic E-state index is 0.0683. The number of piperazine rings is 1. The Hall–Kier alpha value is -1.50. The molecule has 76 valence electrons. The molecule has 1 saturated heterocycles. The highest BCUT2D eigenvalue weighted by Crippen LogP contribution is 1.94. The molecule has 2 rings (SSSR count). The number of amides is 1. The average Bonchev–Trinajstić information content (AvgIpc) is 2.72. The number of carbonyl (C=O) groups is 1. The molecule has 0 spiro atoms. The van der Waals surface area contributed by atoms with Crippen LogP contribution in [-0.4, -0.2) is 57.2 Å². The smallest absolute Gasteiger partial charge is 0.244 e. The van der Waals surface area contributed by atoms with E-state index in [-0.39, 0.29) is 12.5 Å². The van der Waals surface area contributed by atoms with Crippen molar-refractivity contribution in [2.45, 2.75) is 6.54 Å². The topological polar surface area (TPSA) is 75.9 Å². The third-order valence-electron chi connectivity index (χ3n) is 2.16. The summed E-state index contributed by atoms with van der Waals surface area (Å²) in [4.78, 5) is 13.5. The Morgan fingerprint density at radius 3 is 2.86 bits per heavy atom. The molecule has 7 heteroatoms. The van der Waals surface area contributed by atoms with Crippen molar-refractivity contribution in [3.05, 3.63) is 6.33 Å². The lowest BCUT2D eigenvalue weighted by atomic mass is 10.3. The van der Waals surface area contributed by atoms with E-state index in [2.05, 4.69) is 20.8 Å². The van der Waals surface area contributed by atoms with Crippen LogP contribution in [0, 0.1) is 0 Å². The predicted octanol–water partition coefficient (Wildman–Crippen LogP) is -1.90. The highest BCUT2D eigenvalue weighted by molar-refractivity contribution is 5.75. The Morgan fingerprint density at radius 2 is 2.21 bits per heavy atom. The molecule has 2 heterocycles. The summed E-state index contributed by atoms with van der Waals surface area (Å²) in [6.07, 6.45) is 1.44. The third-order valence-corrected chi connectivity index (χ3v) is 2.16. The second kappa shape index (κ2) is 4.14. The van der Waals surface area contributed by atoms with Crippen molar-refractivity contribution in [1.29, 1.82) is 0 Å². The van der Waals surface area contributed by atoms with Crippen LogP contribution in [0.4, 0.5) is 0 Å². The molecule has 0 saturated carbocycles. The summed E-state index contributed by atoms with van der Waals surface area (Å²) in [5.74, 6) is 0.0683. The summed E-state index contributed by atoms with van der Waals surface area (Å²) < 4.78 is 1.43. The Labute approximate surface area is 81.1 Å². The highest BCUT2D eigenvalue weighted by Gasteiger charge is 2.16. The van der Waals surface area contributed by atoms with E-state index in [1.54, 1.807) is 0 Å². The van der Waals surface area contributed by atoms with E-state index in [9.17, 15) is 4.79 Å². The molecule has 1 amide bonds. The van der Waals surface area contributed by atoms with Crippen molar-refractivity contribution in [2.24, 2.45) is 0 Å². The number of hydrogen-bond acceptors (Lipinski definition) is 5. The van der Waals surface area contributed by atoms with Gasteiger partial charge in [0, 0.05) is 26.2 Å². The molecule has 7 nitrogen and oxygen atoms in total. The van der Waals surface area contributed by atoms with Crippen molar-refractivity contribution >= 4 is 5.91 Å².